The molecule has 2 unspecified atom stereocenters. The van der Waals surface area contributed by atoms with E-state index in [9.17, 15) is 13.2 Å². The number of benzene rings is 2. The normalized spacial score (nSPS) is 21.4. The van der Waals surface area contributed by atoms with Crippen molar-refractivity contribution in [2.45, 2.75) is 24.9 Å². The Morgan fingerprint density at radius 1 is 0.806 bits per heavy atom. The van der Waals surface area contributed by atoms with Gasteiger partial charge in [-0.05, 0) is 37.1 Å². The van der Waals surface area contributed by atoms with Gasteiger partial charge in [0.1, 0.15) is 6.04 Å². The Labute approximate surface area is 185 Å². The maximum atomic E-state index is 13.4. The molecule has 2 saturated heterocycles. The van der Waals surface area contributed by atoms with Gasteiger partial charge >= 0.3 is 0 Å². The third-order valence-electron chi connectivity index (χ3n) is 6.34. The van der Waals surface area contributed by atoms with Gasteiger partial charge in [0, 0.05) is 19.6 Å². The maximum Gasteiger partial charge on any atom is 0.242 e. The molecule has 6 nitrogen and oxygen atoms in total. The molecule has 0 saturated carbocycles. The summed E-state index contributed by atoms with van der Waals surface area (Å²) in [6, 6.07) is 19.7. The van der Waals surface area contributed by atoms with Crippen LogP contribution in [-0.2, 0) is 14.6 Å². The van der Waals surface area contributed by atoms with Gasteiger partial charge in [-0.1, -0.05) is 60.7 Å². The first-order valence-electron chi connectivity index (χ1n) is 11.1. The Balaban J connectivity index is 1.51. The molecule has 0 spiro atoms. The van der Waals surface area contributed by atoms with Crippen LogP contribution >= 0.6 is 0 Å². The van der Waals surface area contributed by atoms with Crippen LogP contribution in [0, 0.1) is 0 Å². The van der Waals surface area contributed by atoms with E-state index in [1.807, 2.05) is 53.4 Å². The fraction of sp³-hybridized carbons (Fsp3) is 0.458. The number of likely N-dealkylation sites (tertiary alicyclic amines) is 1. The van der Waals surface area contributed by atoms with E-state index in [-0.39, 0.29) is 23.5 Å². The SMILES string of the molecule is O=C(NCC(c1ccccc1)N1CCCC1)C(c1ccccc1)N1CCS(=O)(=O)CC1. The molecule has 2 atom stereocenters. The number of rotatable bonds is 7. The van der Waals surface area contributed by atoms with Gasteiger partial charge in [-0.15, -0.1) is 0 Å². The number of carbonyl (C=O) groups excluding carboxylic acids is 1. The van der Waals surface area contributed by atoms with Gasteiger partial charge in [0.25, 0.3) is 0 Å². The smallest absolute Gasteiger partial charge is 0.242 e. The average Bonchev–Trinajstić information content (AvgIpc) is 3.31. The summed E-state index contributed by atoms with van der Waals surface area (Å²) in [5.41, 5.74) is 2.11. The van der Waals surface area contributed by atoms with Crippen LogP contribution in [0.2, 0.25) is 0 Å². The lowest BCUT2D eigenvalue weighted by molar-refractivity contribution is -0.127. The summed E-state index contributed by atoms with van der Waals surface area (Å²) in [6.07, 6.45) is 2.37. The maximum absolute atomic E-state index is 13.4. The zero-order chi connectivity index (χ0) is 21.7. The molecular formula is C24H31N3O3S. The number of nitrogens with zero attached hydrogens (tertiary/aromatic N) is 2. The molecule has 0 radical (unpaired) electrons. The topological polar surface area (TPSA) is 69.7 Å². The number of sulfone groups is 1. The molecule has 1 amide bonds. The summed E-state index contributed by atoms with van der Waals surface area (Å²) in [5, 5.41) is 3.20. The van der Waals surface area contributed by atoms with E-state index in [0.29, 0.717) is 19.6 Å². The number of amides is 1. The van der Waals surface area contributed by atoms with E-state index in [1.165, 1.54) is 18.4 Å². The Morgan fingerprint density at radius 2 is 1.35 bits per heavy atom. The summed E-state index contributed by atoms with van der Waals surface area (Å²) < 4.78 is 23.8. The van der Waals surface area contributed by atoms with Crippen molar-refractivity contribution in [1.82, 2.24) is 15.1 Å². The third kappa shape index (κ3) is 5.53. The molecule has 7 heteroatoms. The fourth-order valence-electron chi connectivity index (χ4n) is 4.63. The standard InChI is InChI=1S/C24H31N3O3S/c28-24(25-19-22(26-13-7-8-14-26)20-9-3-1-4-10-20)23(21-11-5-2-6-12-21)27-15-17-31(29,30)18-16-27/h1-6,9-12,22-23H,7-8,13-19H2,(H,25,28). The monoisotopic (exact) mass is 441 g/mol. The molecule has 0 bridgehead atoms. The highest BCUT2D eigenvalue weighted by atomic mass is 32.2. The van der Waals surface area contributed by atoms with Crippen LogP contribution in [0.15, 0.2) is 60.7 Å². The summed E-state index contributed by atoms with van der Waals surface area (Å²) in [7, 11) is -3.01. The largest absolute Gasteiger partial charge is 0.353 e. The molecule has 2 aliphatic heterocycles. The zero-order valence-corrected chi connectivity index (χ0v) is 18.6. The van der Waals surface area contributed by atoms with Crippen molar-refractivity contribution in [1.29, 1.82) is 0 Å². The van der Waals surface area contributed by atoms with E-state index in [1.54, 1.807) is 0 Å². The average molecular weight is 442 g/mol. The second kappa shape index (κ2) is 9.94. The first-order valence-corrected chi connectivity index (χ1v) is 12.9. The van der Waals surface area contributed by atoms with Crippen molar-refractivity contribution in [2.75, 3.05) is 44.2 Å². The second-order valence-corrected chi connectivity index (χ2v) is 10.7. The number of hydrogen-bond donors (Lipinski definition) is 1. The minimum atomic E-state index is -3.01. The van der Waals surface area contributed by atoms with Crippen LogP contribution < -0.4 is 5.32 Å². The molecule has 0 aliphatic carbocycles. The van der Waals surface area contributed by atoms with Gasteiger partial charge in [-0.3, -0.25) is 14.6 Å². The minimum absolute atomic E-state index is 0.0642. The lowest BCUT2D eigenvalue weighted by Gasteiger charge is -2.35. The van der Waals surface area contributed by atoms with Gasteiger partial charge in [0.15, 0.2) is 9.84 Å². The lowest BCUT2D eigenvalue weighted by Crippen LogP contribution is -2.48. The van der Waals surface area contributed by atoms with Crippen molar-refractivity contribution < 1.29 is 13.2 Å². The molecule has 0 aromatic heterocycles. The van der Waals surface area contributed by atoms with Crippen molar-refractivity contribution in [2.24, 2.45) is 0 Å². The zero-order valence-electron chi connectivity index (χ0n) is 17.8. The first kappa shape index (κ1) is 22.0. The highest BCUT2D eigenvalue weighted by molar-refractivity contribution is 7.91. The molecule has 2 aromatic rings. The molecule has 31 heavy (non-hydrogen) atoms. The molecule has 2 aliphatic rings. The van der Waals surface area contributed by atoms with E-state index in [4.69, 9.17) is 0 Å². The summed E-state index contributed by atoms with van der Waals surface area (Å²) in [5.74, 6) is 0.138. The molecule has 4 rings (SSSR count). The van der Waals surface area contributed by atoms with Crippen molar-refractivity contribution >= 4 is 15.7 Å². The Morgan fingerprint density at radius 3 is 1.94 bits per heavy atom. The number of nitrogens with one attached hydrogen (secondary N) is 1. The van der Waals surface area contributed by atoms with Crippen LogP contribution in [0.4, 0.5) is 0 Å². The van der Waals surface area contributed by atoms with E-state index < -0.39 is 15.9 Å². The molecule has 166 valence electrons. The molecule has 1 N–H and O–H groups in total. The highest BCUT2D eigenvalue weighted by Crippen LogP contribution is 2.26. The Kier molecular flexibility index (Phi) is 7.05. The third-order valence-corrected chi connectivity index (χ3v) is 7.95. The van der Waals surface area contributed by atoms with Crippen molar-refractivity contribution in [3.8, 4) is 0 Å². The van der Waals surface area contributed by atoms with Crippen LogP contribution in [0.5, 0.6) is 0 Å². The quantitative estimate of drug-likeness (QED) is 0.715. The molecular weight excluding hydrogens is 410 g/mol. The lowest BCUT2D eigenvalue weighted by atomic mass is 10.0. The van der Waals surface area contributed by atoms with E-state index in [2.05, 4.69) is 22.3 Å². The number of carbonyl (C=O) groups is 1. The predicted molar refractivity (Wildman–Crippen MR) is 122 cm³/mol. The summed E-state index contributed by atoms with van der Waals surface area (Å²) in [4.78, 5) is 17.9. The molecule has 2 heterocycles. The van der Waals surface area contributed by atoms with Gasteiger partial charge in [0.2, 0.25) is 5.91 Å². The summed E-state index contributed by atoms with van der Waals surface area (Å²) in [6.45, 7) is 3.38. The van der Waals surface area contributed by atoms with Crippen LogP contribution in [0.1, 0.15) is 36.1 Å². The Bertz CT molecular complexity index is 946. The second-order valence-electron chi connectivity index (χ2n) is 8.42. The van der Waals surface area contributed by atoms with Gasteiger partial charge in [-0.25, -0.2) is 8.42 Å². The Hall–Kier alpha value is -2.22. The van der Waals surface area contributed by atoms with E-state index in [0.717, 1.165) is 18.7 Å². The van der Waals surface area contributed by atoms with Crippen molar-refractivity contribution in [3.63, 3.8) is 0 Å². The summed E-state index contributed by atoms with van der Waals surface area (Å²) >= 11 is 0. The minimum Gasteiger partial charge on any atom is -0.353 e. The van der Waals surface area contributed by atoms with Gasteiger partial charge in [0.05, 0.1) is 17.5 Å². The number of hydrogen-bond acceptors (Lipinski definition) is 5. The predicted octanol–water partition coefficient (Wildman–Crippen LogP) is 2.41. The highest BCUT2D eigenvalue weighted by Gasteiger charge is 2.33. The van der Waals surface area contributed by atoms with E-state index >= 15 is 0 Å². The molecule has 2 aromatic carbocycles. The van der Waals surface area contributed by atoms with Crippen LogP contribution in [0.3, 0.4) is 0 Å². The van der Waals surface area contributed by atoms with Crippen molar-refractivity contribution in [3.05, 3.63) is 71.8 Å². The van der Waals surface area contributed by atoms with Crippen LogP contribution in [0.25, 0.3) is 0 Å². The fourth-order valence-corrected chi connectivity index (χ4v) is 5.86. The van der Waals surface area contributed by atoms with Crippen LogP contribution in [-0.4, -0.2) is 68.4 Å². The van der Waals surface area contributed by atoms with Gasteiger partial charge in [-0.2, -0.15) is 0 Å². The molecule has 2 fully saturated rings. The van der Waals surface area contributed by atoms with Gasteiger partial charge < -0.3 is 5.32 Å². The first-order chi connectivity index (χ1) is 15.0.